The second-order valence-corrected chi connectivity index (χ2v) is 7.34. The van der Waals surface area contributed by atoms with Gasteiger partial charge in [0.15, 0.2) is 0 Å². The SMILES string of the molecule is C=C1c2cc(C(CCCC)C(C)=NC)ccc2CCC1(C)C. The summed E-state index contributed by atoms with van der Waals surface area (Å²) in [4.78, 5) is 4.47. The van der Waals surface area contributed by atoms with Gasteiger partial charge in [-0.1, -0.05) is 58.4 Å². The van der Waals surface area contributed by atoms with Crippen molar-refractivity contribution in [2.45, 2.75) is 65.7 Å². The Morgan fingerprint density at radius 2 is 2.09 bits per heavy atom. The molecule has 1 nitrogen and oxygen atoms in total. The first-order valence-corrected chi connectivity index (χ1v) is 8.66. The smallest absolute Gasteiger partial charge is 0.0276 e. The van der Waals surface area contributed by atoms with Crippen molar-refractivity contribution >= 4 is 11.3 Å². The summed E-state index contributed by atoms with van der Waals surface area (Å²) in [5.74, 6) is 0.452. The maximum atomic E-state index is 4.47. The van der Waals surface area contributed by atoms with Gasteiger partial charge in [0.1, 0.15) is 0 Å². The molecule has 0 aromatic heterocycles. The first kappa shape index (κ1) is 17.0. The van der Waals surface area contributed by atoms with Crippen molar-refractivity contribution in [3.05, 3.63) is 41.5 Å². The Bertz CT molecular complexity index is 578. The number of rotatable bonds is 5. The lowest BCUT2D eigenvalue weighted by Gasteiger charge is -2.34. The van der Waals surface area contributed by atoms with Crippen molar-refractivity contribution in [2.24, 2.45) is 10.4 Å². The molecule has 0 amide bonds. The molecular formula is C21H31N. The van der Waals surface area contributed by atoms with E-state index < -0.39 is 0 Å². The van der Waals surface area contributed by atoms with E-state index in [1.54, 1.807) is 0 Å². The van der Waals surface area contributed by atoms with Crippen LogP contribution in [0.3, 0.4) is 0 Å². The largest absolute Gasteiger partial charge is 0.297 e. The van der Waals surface area contributed by atoms with Crippen molar-refractivity contribution in [2.75, 3.05) is 7.05 Å². The summed E-state index contributed by atoms with van der Waals surface area (Å²) in [6, 6.07) is 7.04. The standard InChI is InChI=1S/C21H31N/c1-7-8-9-19(16(3)22-6)18-11-10-17-12-13-21(4,5)15(2)20(17)14-18/h10-11,14,19H,2,7-9,12-13H2,1,3-6H3. The van der Waals surface area contributed by atoms with Gasteiger partial charge in [-0.2, -0.15) is 0 Å². The number of allylic oxidation sites excluding steroid dienone is 1. The van der Waals surface area contributed by atoms with Gasteiger partial charge in [-0.05, 0) is 53.9 Å². The molecule has 1 unspecified atom stereocenters. The molecule has 120 valence electrons. The molecule has 0 fully saturated rings. The number of hydrogen-bond acceptors (Lipinski definition) is 1. The number of hydrogen-bond donors (Lipinski definition) is 0. The van der Waals surface area contributed by atoms with Gasteiger partial charge >= 0.3 is 0 Å². The van der Waals surface area contributed by atoms with Crippen LogP contribution < -0.4 is 0 Å². The molecule has 2 rings (SSSR count). The minimum absolute atomic E-state index is 0.221. The summed E-state index contributed by atoms with van der Waals surface area (Å²) < 4.78 is 0. The molecule has 0 aliphatic heterocycles. The zero-order chi connectivity index (χ0) is 16.3. The van der Waals surface area contributed by atoms with Crippen LogP contribution in [0.1, 0.15) is 76.0 Å². The third-order valence-corrected chi connectivity index (χ3v) is 5.40. The Morgan fingerprint density at radius 1 is 1.36 bits per heavy atom. The number of aliphatic imine (C=N–C) groups is 1. The molecule has 0 bridgehead atoms. The van der Waals surface area contributed by atoms with E-state index in [0.717, 1.165) is 0 Å². The molecule has 1 aliphatic rings. The Morgan fingerprint density at radius 3 is 2.73 bits per heavy atom. The first-order valence-electron chi connectivity index (χ1n) is 8.66. The van der Waals surface area contributed by atoms with Crippen molar-refractivity contribution in [3.8, 4) is 0 Å². The lowest BCUT2D eigenvalue weighted by molar-refractivity contribution is 0.444. The molecule has 1 aromatic carbocycles. The average Bonchev–Trinajstić information content (AvgIpc) is 2.51. The van der Waals surface area contributed by atoms with E-state index in [1.165, 1.54) is 60.1 Å². The Hall–Kier alpha value is -1.37. The molecule has 22 heavy (non-hydrogen) atoms. The normalized spacial score (nSPS) is 19.0. The highest BCUT2D eigenvalue weighted by molar-refractivity contribution is 5.89. The van der Waals surface area contributed by atoms with Crippen LogP contribution in [0, 0.1) is 5.41 Å². The number of aryl methyl sites for hydroxylation is 1. The fourth-order valence-electron chi connectivity index (χ4n) is 3.45. The number of benzene rings is 1. The molecule has 0 radical (unpaired) electrons. The lowest BCUT2D eigenvalue weighted by atomic mass is 9.70. The van der Waals surface area contributed by atoms with Gasteiger partial charge in [0.2, 0.25) is 0 Å². The third kappa shape index (κ3) is 3.34. The van der Waals surface area contributed by atoms with Crippen LogP contribution in [0.15, 0.2) is 29.8 Å². The number of fused-ring (bicyclic) bond motifs is 1. The van der Waals surface area contributed by atoms with Crippen LogP contribution >= 0.6 is 0 Å². The van der Waals surface area contributed by atoms with Gasteiger partial charge in [-0.15, -0.1) is 0 Å². The van der Waals surface area contributed by atoms with E-state index in [4.69, 9.17) is 0 Å². The van der Waals surface area contributed by atoms with Crippen molar-refractivity contribution < 1.29 is 0 Å². The third-order valence-electron chi connectivity index (χ3n) is 5.40. The topological polar surface area (TPSA) is 12.4 Å². The maximum Gasteiger partial charge on any atom is 0.0276 e. The van der Waals surface area contributed by atoms with Crippen LogP contribution in [-0.4, -0.2) is 12.8 Å². The van der Waals surface area contributed by atoms with Gasteiger partial charge < -0.3 is 0 Å². The quantitative estimate of drug-likeness (QED) is 0.588. The van der Waals surface area contributed by atoms with Gasteiger partial charge in [0.05, 0.1) is 0 Å². The average molecular weight is 297 g/mol. The monoisotopic (exact) mass is 297 g/mol. The predicted octanol–water partition coefficient (Wildman–Crippen LogP) is 6.04. The minimum atomic E-state index is 0.221. The molecule has 1 aromatic rings. The minimum Gasteiger partial charge on any atom is -0.297 e. The molecule has 1 aliphatic carbocycles. The summed E-state index contributed by atoms with van der Waals surface area (Å²) in [6.45, 7) is 13.5. The molecule has 0 N–H and O–H groups in total. The van der Waals surface area contributed by atoms with E-state index in [0.29, 0.717) is 5.92 Å². The van der Waals surface area contributed by atoms with Crippen LogP contribution in [0.25, 0.3) is 5.57 Å². The highest BCUT2D eigenvalue weighted by atomic mass is 14.7. The Kier molecular flexibility index (Phi) is 5.26. The molecule has 0 heterocycles. The summed E-state index contributed by atoms with van der Waals surface area (Å²) in [5.41, 5.74) is 7.03. The Balaban J connectivity index is 2.40. The summed E-state index contributed by atoms with van der Waals surface area (Å²) in [5, 5.41) is 0. The van der Waals surface area contributed by atoms with E-state index in [1.807, 2.05) is 7.05 Å². The van der Waals surface area contributed by atoms with Crippen molar-refractivity contribution in [3.63, 3.8) is 0 Å². The first-order chi connectivity index (χ1) is 10.4. The summed E-state index contributed by atoms with van der Waals surface area (Å²) in [6.07, 6.45) is 6.04. The van der Waals surface area contributed by atoms with Crippen LogP contribution in [0.5, 0.6) is 0 Å². The van der Waals surface area contributed by atoms with E-state index in [-0.39, 0.29) is 5.41 Å². The van der Waals surface area contributed by atoms with Crippen molar-refractivity contribution in [1.29, 1.82) is 0 Å². The fourth-order valence-corrected chi connectivity index (χ4v) is 3.45. The molecular weight excluding hydrogens is 266 g/mol. The van der Waals surface area contributed by atoms with Crippen LogP contribution in [0.2, 0.25) is 0 Å². The van der Waals surface area contributed by atoms with Gasteiger partial charge in [-0.25, -0.2) is 0 Å². The number of nitrogens with zero attached hydrogens (tertiary/aromatic N) is 1. The highest BCUT2D eigenvalue weighted by Crippen LogP contribution is 2.44. The van der Waals surface area contributed by atoms with E-state index in [9.17, 15) is 0 Å². The van der Waals surface area contributed by atoms with Gasteiger partial charge in [0.25, 0.3) is 0 Å². The second-order valence-electron chi connectivity index (χ2n) is 7.34. The molecule has 1 heteroatoms. The second kappa shape index (κ2) is 6.81. The van der Waals surface area contributed by atoms with Crippen molar-refractivity contribution in [1.82, 2.24) is 0 Å². The lowest BCUT2D eigenvalue weighted by Crippen LogP contribution is -2.21. The van der Waals surface area contributed by atoms with Crippen LogP contribution in [0.4, 0.5) is 0 Å². The molecule has 0 spiro atoms. The molecule has 1 atom stereocenters. The zero-order valence-electron chi connectivity index (χ0n) is 15.0. The van der Waals surface area contributed by atoms with Gasteiger partial charge in [0, 0.05) is 18.7 Å². The molecule has 0 saturated carbocycles. The maximum absolute atomic E-state index is 4.47. The van der Waals surface area contributed by atoms with E-state index in [2.05, 4.69) is 57.5 Å². The number of unbranched alkanes of at least 4 members (excludes halogenated alkanes) is 1. The summed E-state index contributed by atoms with van der Waals surface area (Å²) in [7, 11) is 1.91. The van der Waals surface area contributed by atoms with E-state index >= 15 is 0 Å². The fraction of sp³-hybridized carbons (Fsp3) is 0.571. The van der Waals surface area contributed by atoms with Gasteiger partial charge in [-0.3, -0.25) is 4.99 Å². The summed E-state index contributed by atoms with van der Waals surface area (Å²) >= 11 is 0. The Labute approximate surface area is 136 Å². The molecule has 0 saturated heterocycles. The van der Waals surface area contributed by atoms with Crippen LogP contribution in [-0.2, 0) is 6.42 Å². The zero-order valence-corrected chi connectivity index (χ0v) is 15.0. The highest BCUT2D eigenvalue weighted by Gasteiger charge is 2.29. The predicted molar refractivity (Wildman–Crippen MR) is 98.9 cm³/mol.